The van der Waals surface area contributed by atoms with Gasteiger partial charge in [-0.3, -0.25) is 9.78 Å². The van der Waals surface area contributed by atoms with E-state index in [0.717, 1.165) is 24.2 Å². The molecule has 25 heavy (non-hydrogen) atoms. The molecule has 0 aromatic carbocycles. The molecule has 0 saturated heterocycles. The number of nitrogens with zero attached hydrogens (tertiary/aromatic N) is 1. The van der Waals surface area contributed by atoms with Crippen LogP contribution in [0.3, 0.4) is 0 Å². The Labute approximate surface area is 152 Å². The SMILES string of the molecule is CC(C)NCCOCc1ccc(COCCCC(=O)C(C)(C)C)nc1. The molecule has 5 nitrogen and oxygen atoms in total. The Morgan fingerprint density at radius 3 is 2.48 bits per heavy atom. The number of carbonyl (C=O) groups excluding carboxylic acids is 1. The molecule has 0 saturated carbocycles. The van der Waals surface area contributed by atoms with Gasteiger partial charge < -0.3 is 14.8 Å². The lowest BCUT2D eigenvalue weighted by Crippen LogP contribution is -2.26. The summed E-state index contributed by atoms with van der Waals surface area (Å²) in [5.41, 5.74) is 1.70. The summed E-state index contributed by atoms with van der Waals surface area (Å²) in [6, 6.07) is 4.46. The van der Waals surface area contributed by atoms with Crippen LogP contribution in [0.5, 0.6) is 0 Å². The highest BCUT2D eigenvalue weighted by Gasteiger charge is 2.19. The molecule has 0 unspecified atom stereocenters. The van der Waals surface area contributed by atoms with Crippen molar-refractivity contribution in [3.8, 4) is 0 Å². The van der Waals surface area contributed by atoms with Crippen LogP contribution in [0.4, 0.5) is 0 Å². The number of nitrogens with one attached hydrogen (secondary N) is 1. The van der Waals surface area contributed by atoms with Crippen molar-refractivity contribution in [3.05, 3.63) is 29.6 Å². The van der Waals surface area contributed by atoms with Crippen LogP contribution in [0.25, 0.3) is 0 Å². The smallest absolute Gasteiger partial charge is 0.138 e. The van der Waals surface area contributed by atoms with Crippen LogP contribution in [-0.2, 0) is 27.5 Å². The molecule has 0 radical (unpaired) electrons. The highest BCUT2D eigenvalue weighted by Crippen LogP contribution is 2.17. The Bertz CT molecular complexity index is 493. The molecule has 0 aliphatic carbocycles. The molecular formula is C20H34N2O3. The Morgan fingerprint density at radius 2 is 1.88 bits per heavy atom. The lowest BCUT2D eigenvalue weighted by atomic mass is 9.88. The predicted molar refractivity (Wildman–Crippen MR) is 100 cm³/mol. The van der Waals surface area contributed by atoms with Crippen LogP contribution in [0.15, 0.2) is 18.3 Å². The molecule has 5 heteroatoms. The van der Waals surface area contributed by atoms with Crippen molar-refractivity contribution < 1.29 is 14.3 Å². The second-order valence-electron chi connectivity index (χ2n) is 7.65. The van der Waals surface area contributed by atoms with Crippen molar-refractivity contribution in [2.75, 3.05) is 19.8 Å². The minimum Gasteiger partial charge on any atom is -0.375 e. The first-order valence-electron chi connectivity index (χ1n) is 9.15. The number of ketones is 1. The summed E-state index contributed by atoms with van der Waals surface area (Å²) in [5, 5.41) is 3.31. The fraction of sp³-hybridized carbons (Fsp3) is 0.700. The summed E-state index contributed by atoms with van der Waals surface area (Å²) in [7, 11) is 0. The fourth-order valence-electron chi connectivity index (χ4n) is 2.12. The number of rotatable bonds is 12. The van der Waals surface area contributed by atoms with Gasteiger partial charge in [-0.15, -0.1) is 0 Å². The molecular weight excluding hydrogens is 316 g/mol. The average molecular weight is 351 g/mol. The molecule has 0 spiro atoms. The van der Waals surface area contributed by atoms with E-state index < -0.39 is 0 Å². The molecule has 0 aliphatic heterocycles. The van der Waals surface area contributed by atoms with Crippen LogP contribution in [0.1, 0.15) is 58.7 Å². The Kier molecular flexibility index (Phi) is 9.86. The van der Waals surface area contributed by atoms with E-state index in [2.05, 4.69) is 24.1 Å². The zero-order valence-corrected chi connectivity index (χ0v) is 16.4. The Balaban J connectivity index is 2.15. The topological polar surface area (TPSA) is 60.5 Å². The van der Waals surface area contributed by atoms with Gasteiger partial charge in [-0.05, 0) is 18.1 Å². The van der Waals surface area contributed by atoms with E-state index in [9.17, 15) is 4.79 Å². The van der Waals surface area contributed by atoms with E-state index in [1.807, 2.05) is 39.1 Å². The van der Waals surface area contributed by atoms with E-state index in [1.54, 1.807) is 0 Å². The molecule has 142 valence electrons. The maximum Gasteiger partial charge on any atom is 0.138 e. The van der Waals surface area contributed by atoms with Gasteiger partial charge in [-0.2, -0.15) is 0 Å². The van der Waals surface area contributed by atoms with Gasteiger partial charge >= 0.3 is 0 Å². The summed E-state index contributed by atoms with van der Waals surface area (Å²) in [5.74, 6) is 0.280. The van der Waals surface area contributed by atoms with E-state index in [-0.39, 0.29) is 11.2 Å². The molecule has 0 fully saturated rings. The summed E-state index contributed by atoms with van der Waals surface area (Å²) in [6.07, 6.45) is 3.16. The number of hydrogen-bond acceptors (Lipinski definition) is 5. The van der Waals surface area contributed by atoms with Gasteiger partial charge in [0.15, 0.2) is 0 Å². The van der Waals surface area contributed by atoms with Gasteiger partial charge in [0.1, 0.15) is 5.78 Å². The summed E-state index contributed by atoms with van der Waals surface area (Å²) < 4.78 is 11.2. The minimum absolute atomic E-state index is 0.260. The van der Waals surface area contributed by atoms with Crippen LogP contribution >= 0.6 is 0 Å². The maximum absolute atomic E-state index is 11.8. The first-order chi connectivity index (χ1) is 11.8. The molecule has 1 heterocycles. The summed E-state index contributed by atoms with van der Waals surface area (Å²) in [6.45, 7) is 13.3. The van der Waals surface area contributed by atoms with Crippen LogP contribution < -0.4 is 5.32 Å². The van der Waals surface area contributed by atoms with E-state index in [4.69, 9.17) is 9.47 Å². The lowest BCUT2D eigenvalue weighted by Gasteiger charge is -2.16. The quantitative estimate of drug-likeness (QED) is 0.585. The van der Waals surface area contributed by atoms with Gasteiger partial charge in [0.2, 0.25) is 0 Å². The molecule has 0 aliphatic rings. The average Bonchev–Trinajstić information content (AvgIpc) is 2.54. The molecule has 0 atom stereocenters. The number of Topliss-reactive ketones (excluding diaryl/α,β-unsaturated/α-hetero) is 1. The standard InChI is InChI=1S/C20H34N2O3/c1-16(2)21-10-12-25-14-17-8-9-18(22-13-17)15-24-11-6-7-19(23)20(3,4)5/h8-9,13,16,21H,6-7,10-12,14-15H2,1-5H3. The second-order valence-corrected chi connectivity index (χ2v) is 7.65. The van der Waals surface area contributed by atoms with Gasteiger partial charge in [0, 0.05) is 37.2 Å². The number of carbonyl (C=O) groups is 1. The fourth-order valence-corrected chi connectivity index (χ4v) is 2.12. The second kappa shape index (κ2) is 11.3. The van der Waals surface area contributed by atoms with Crippen LogP contribution in [0, 0.1) is 5.41 Å². The van der Waals surface area contributed by atoms with Crippen molar-refractivity contribution in [2.24, 2.45) is 5.41 Å². The van der Waals surface area contributed by atoms with Crippen LogP contribution in [-0.4, -0.2) is 36.6 Å². The van der Waals surface area contributed by atoms with Crippen molar-refractivity contribution in [2.45, 2.75) is 66.7 Å². The minimum atomic E-state index is -0.260. The largest absolute Gasteiger partial charge is 0.375 e. The van der Waals surface area contributed by atoms with Gasteiger partial charge in [-0.25, -0.2) is 0 Å². The monoisotopic (exact) mass is 350 g/mol. The van der Waals surface area contributed by atoms with Crippen LogP contribution in [0.2, 0.25) is 0 Å². The number of aromatic nitrogens is 1. The third-order valence-electron chi connectivity index (χ3n) is 3.73. The third-order valence-corrected chi connectivity index (χ3v) is 3.73. The molecule has 1 aromatic heterocycles. The Morgan fingerprint density at radius 1 is 1.16 bits per heavy atom. The highest BCUT2D eigenvalue weighted by atomic mass is 16.5. The van der Waals surface area contributed by atoms with Crippen molar-refractivity contribution >= 4 is 5.78 Å². The van der Waals surface area contributed by atoms with Gasteiger partial charge in [0.05, 0.1) is 25.5 Å². The van der Waals surface area contributed by atoms with Crippen molar-refractivity contribution in [1.29, 1.82) is 0 Å². The Hall–Kier alpha value is -1.30. The lowest BCUT2D eigenvalue weighted by molar-refractivity contribution is -0.126. The molecule has 0 bridgehead atoms. The van der Waals surface area contributed by atoms with Crippen molar-refractivity contribution in [3.63, 3.8) is 0 Å². The van der Waals surface area contributed by atoms with E-state index in [0.29, 0.717) is 38.9 Å². The summed E-state index contributed by atoms with van der Waals surface area (Å²) in [4.78, 5) is 16.2. The molecule has 0 amide bonds. The number of hydrogen-bond donors (Lipinski definition) is 1. The predicted octanol–water partition coefficient (Wildman–Crippen LogP) is 3.51. The molecule has 1 N–H and O–H groups in total. The molecule has 1 rings (SSSR count). The third kappa shape index (κ3) is 10.3. The number of ether oxygens (including phenoxy) is 2. The van der Waals surface area contributed by atoms with Gasteiger partial charge in [-0.1, -0.05) is 40.7 Å². The first-order valence-corrected chi connectivity index (χ1v) is 9.15. The summed E-state index contributed by atoms with van der Waals surface area (Å²) >= 11 is 0. The number of pyridine rings is 1. The maximum atomic E-state index is 11.8. The highest BCUT2D eigenvalue weighted by molar-refractivity contribution is 5.83. The van der Waals surface area contributed by atoms with E-state index >= 15 is 0 Å². The zero-order chi connectivity index (χ0) is 18.7. The molecule has 1 aromatic rings. The van der Waals surface area contributed by atoms with Crippen molar-refractivity contribution in [1.82, 2.24) is 10.3 Å². The normalized spacial score (nSPS) is 11.9. The van der Waals surface area contributed by atoms with E-state index in [1.165, 1.54) is 0 Å². The van der Waals surface area contributed by atoms with Gasteiger partial charge in [0.25, 0.3) is 0 Å². The zero-order valence-electron chi connectivity index (χ0n) is 16.4. The first kappa shape index (κ1) is 21.7.